The number of hydrazine groups is 2. The minimum Gasteiger partial charge on any atom is -0.460 e. The highest BCUT2D eigenvalue weighted by Crippen LogP contribution is 2.24. The summed E-state index contributed by atoms with van der Waals surface area (Å²) in [7, 11) is 0. The number of tetrazole rings is 1. The Morgan fingerprint density at radius 3 is 1.44 bits per heavy atom. The fraction of sp³-hybridized carbons (Fsp3) is 0.386. The van der Waals surface area contributed by atoms with Gasteiger partial charge in [0.1, 0.15) is 17.3 Å². The predicted octanol–water partition coefficient (Wildman–Crippen LogP) is 6.42. The van der Waals surface area contributed by atoms with Crippen molar-refractivity contribution in [3.05, 3.63) is 149 Å². The van der Waals surface area contributed by atoms with E-state index in [0.717, 1.165) is 69.6 Å². The van der Waals surface area contributed by atoms with Gasteiger partial charge >= 0.3 is 11.9 Å². The van der Waals surface area contributed by atoms with Crippen molar-refractivity contribution in [1.82, 2.24) is 35.5 Å². The van der Waals surface area contributed by atoms with Crippen molar-refractivity contribution in [1.29, 1.82) is 10.9 Å². The van der Waals surface area contributed by atoms with Gasteiger partial charge in [-0.1, -0.05) is 141 Å². The van der Waals surface area contributed by atoms with Crippen LogP contribution in [0.2, 0.25) is 0 Å². The summed E-state index contributed by atoms with van der Waals surface area (Å²) >= 11 is 0. The van der Waals surface area contributed by atoms with E-state index in [0.29, 0.717) is 64.1 Å². The van der Waals surface area contributed by atoms with Crippen LogP contribution in [0.3, 0.4) is 0 Å². The Morgan fingerprint density at radius 2 is 1.04 bits per heavy atom. The molecule has 0 spiro atoms. The number of esters is 2. The number of hydrogen-bond donors (Lipinski definition) is 6. The van der Waals surface area contributed by atoms with Crippen LogP contribution in [0.15, 0.2) is 137 Å². The molecule has 1 aromatic heterocycles. The zero-order valence-electron chi connectivity index (χ0n) is 45.0. The standard InChI is InChI=1S/C14H16N4O2.C14H18N4O2.C11H12N4O2.C11H16N4O2.C5H8O.2CH4/c15-14(13(20)11-7-4-8-12(11)19)18(17-16)9-10-5-2-1-3-6-10;15-14(13(20)11-7-4-8-12(11)19)17-18(16)9-10-5-2-1-3-6-10;1-2-17-11(16)10-12-13-14-15(10)8-9-6-4-3-5-7-9;1-2-17-11(16)10(12)14-15(13)8-9-6-4-3-5-7-9;6-5-3-1-2-4-5;;/h1-3,5-6,11,15-16H,4,7-9H2;1-3,5-6,11H,4,7-9,16H2,(H2,15,17);3-7H,2,8H2,1H3;3-7H,2,8,13H2,1H3,(H2,12,14);1-4H2;2*1H4. The number of ketones is 5. The van der Waals surface area contributed by atoms with Gasteiger partial charge in [0, 0.05) is 25.7 Å². The van der Waals surface area contributed by atoms with Crippen LogP contribution in [0.5, 0.6) is 0 Å². The molecule has 5 aromatic rings. The molecule has 3 aliphatic carbocycles. The van der Waals surface area contributed by atoms with Crippen LogP contribution in [0.25, 0.3) is 0 Å². The summed E-state index contributed by atoms with van der Waals surface area (Å²) in [4.78, 5) is 80.1. The normalized spacial score (nSPS) is 15.0. The van der Waals surface area contributed by atoms with Gasteiger partial charge in [-0.25, -0.2) is 41.2 Å². The van der Waals surface area contributed by atoms with Gasteiger partial charge in [0.15, 0.2) is 11.7 Å². The molecule has 3 fully saturated rings. The van der Waals surface area contributed by atoms with Crippen LogP contribution in [0.4, 0.5) is 0 Å². The summed E-state index contributed by atoms with van der Waals surface area (Å²) in [6.07, 6.45) is 7.30. The van der Waals surface area contributed by atoms with Crippen LogP contribution in [0, 0.1) is 22.8 Å². The molecule has 25 heteroatoms. The fourth-order valence-corrected chi connectivity index (χ4v) is 7.94. The summed E-state index contributed by atoms with van der Waals surface area (Å²) in [6.45, 7) is 5.31. The molecule has 0 amide bonds. The van der Waals surface area contributed by atoms with Gasteiger partial charge in [-0.15, -0.1) is 15.3 Å². The second-order valence-corrected chi connectivity index (χ2v) is 18.0. The predicted molar refractivity (Wildman–Crippen MR) is 308 cm³/mol. The largest absolute Gasteiger partial charge is 0.460 e. The van der Waals surface area contributed by atoms with Gasteiger partial charge in [0.2, 0.25) is 17.4 Å². The monoisotopic (exact) mass is 1130 g/mol. The lowest BCUT2D eigenvalue weighted by Gasteiger charge is -2.18. The Balaban J connectivity index is 0.000000358. The summed E-state index contributed by atoms with van der Waals surface area (Å²) in [5.74, 6) is 7.39. The first kappa shape index (κ1) is 68.9. The zero-order chi connectivity index (χ0) is 58.2. The van der Waals surface area contributed by atoms with Gasteiger partial charge in [0.25, 0.3) is 5.82 Å². The van der Waals surface area contributed by atoms with E-state index in [4.69, 9.17) is 38.8 Å². The first-order valence-electron chi connectivity index (χ1n) is 25.9. The Bertz CT molecular complexity index is 2860. The minimum atomic E-state index is -0.720. The number of hydrazone groups is 2. The van der Waals surface area contributed by atoms with Crippen molar-refractivity contribution in [2.24, 2.45) is 50.4 Å². The van der Waals surface area contributed by atoms with Crippen molar-refractivity contribution in [3.63, 3.8) is 0 Å². The maximum absolute atomic E-state index is 12.1. The molecule has 440 valence electrons. The maximum atomic E-state index is 12.1. The van der Waals surface area contributed by atoms with E-state index in [1.54, 1.807) is 13.8 Å². The van der Waals surface area contributed by atoms with Crippen LogP contribution < -0.4 is 23.2 Å². The van der Waals surface area contributed by atoms with E-state index >= 15 is 0 Å². The number of amidine groups is 3. The van der Waals surface area contributed by atoms with Crippen LogP contribution in [-0.4, -0.2) is 107 Å². The Hall–Kier alpha value is -9.23. The molecule has 8 rings (SSSR count). The van der Waals surface area contributed by atoms with Crippen molar-refractivity contribution in [2.75, 3.05) is 13.2 Å². The van der Waals surface area contributed by atoms with Crippen molar-refractivity contribution >= 4 is 58.4 Å². The summed E-state index contributed by atoms with van der Waals surface area (Å²) in [5, 5.41) is 32.8. The number of carbonyl (C=O) groups excluding carboxylic acids is 7. The average molecular weight is 1130 g/mol. The number of nitrogens with zero attached hydrogens (tertiary/aromatic N) is 10. The summed E-state index contributed by atoms with van der Waals surface area (Å²) < 4.78 is 11.0. The molecule has 0 saturated heterocycles. The van der Waals surface area contributed by atoms with Gasteiger partial charge in [-0.2, -0.15) is 5.53 Å². The van der Waals surface area contributed by atoms with E-state index in [-0.39, 0.29) is 62.9 Å². The molecule has 0 aliphatic heterocycles. The molecule has 4 aromatic carbocycles. The topological polar surface area (TPSA) is 380 Å². The molecule has 25 nitrogen and oxygen atoms in total. The molecule has 82 heavy (non-hydrogen) atoms. The minimum absolute atomic E-state index is 0. The van der Waals surface area contributed by atoms with Crippen molar-refractivity contribution in [2.45, 2.75) is 119 Å². The number of nitrogens with one attached hydrogen (secondary N) is 2. The maximum Gasteiger partial charge on any atom is 0.378 e. The van der Waals surface area contributed by atoms with Crippen LogP contribution in [0.1, 0.15) is 126 Å². The zero-order valence-corrected chi connectivity index (χ0v) is 45.0. The number of ether oxygens (including phenoxy) is 2. The average Bonchev–Trinajstić information content (AvgIpc) is 4.32. The van der Waals surface area contributed by atoms with E-state index in [1.807, 2.05) is 121 Å². The molecule has 1 heterocycles. The fourth-order valence-electron chi connectivity index (χ4n) is 7.94. The van der Waals surface area contributed by atoms with Crippen LogP contribution >= 0.6 is 0 Å². The van der Waals surface area contributed by atoms with Gasteiger partial charge in [0.05, 0.1) is 51.2 Å². The Labute approximate surface area is 478 Å². The van der Waals surface area contributed by atoms with E-state index < -0.39 is 35.3 Å². The third-order valence-electron chi connectivity index (χ3n) is 11.9. The van der Waals surface area contributed by atoms with Crippen molar-refractivity contribution in [3.8, 4) is 0 Å². The number of nitrogens with two attached hydrogens (primary N) is 4. The highest BCUT2D eigenvalue weighted by Gasteiger charge is 2.35. The molecule has 3 aliphatic rings. The lowest BCUT2D eigenvalue weighted by molar-refractivity contribution is -0.135. The molecule has 2 atom stereocenters. The summed E-state index contributed by atoms with van der Waals surface area (Å²) in [6, 6.07) is 37.8. The molecule has 10 N–H and O–H groups in total. The third-order valence-corrected chi connectivity index (χ3v) is 11.9. The van der Waals surface area contributed by atoms with Gasteiger partial charge in [-0.3, -0.25) is 29.4 Å². The number of hydrogen-bond acceptors (Lipinski definition) is 21. The Kier molecular flexibility index (Phi) is 31.6. The first-order valence-corrected chi connectivity index (χ1v) is 25.9. The van der Waals surface area contributed by atoms with Crippen molar-refractivity contribution < 1.29 is 43.0 Å². The smallest absolute Gasteiger partial charge is 0.378 e. The number of carbonyl (C=O) groups is 7. The molecular formula is C57H78N16O9. The Morgan fingerprint density at radius 1 is 0.610 bits per heavy atom. The van der Waals surface area contributed by atoms with E-state index in [9.17, 15) is 33.6 Å². The number of Topliss-reactive ketones (excluding diaryl/α,β-unsaturated/α-hetero) is 5. The second-order valence-electron chi connectivity index (χ2n) is 18.0. The number of aromatic nitrogens is 4. The molecule has 0 radical (unpaired) electrons. The molecule has 3 saturated carbocycles. The number of benzene rings is 4. The molecular weight excluding hydrogens is 1050 g/mol. The second kappa shape index (κ2) is 37.6. The van der Waals surface area contributed by atoms with Crippen LogP contribution in [-0.2, 0) is 64.4 Å². The summed E-state index contributed by atoms with van der Waals surface area (Å²) in [5.41, 5.74) is 22.0. The van der Waals surface area contributed by atoms with E-state index in [2.05, 4.69) is 35.7 Å². The number of rotatable bonds is 18. The third kappa shape index (κ3) is 24.0. The quantitative estimate of drug-likeness (QED) is 0.0105. The SMILES string of the molecule is C.C.CCOC(=O)/C(N)=N/N(N)Cc1ccccc1.CCOC(=O)c1nnnn1Cc1ccccc1.N/C(=N\N(N)Cc1ccccc1)C(=O)C1CCCC1=O.N=NN(Cc1ccccc1)C(=N)C(=O)C1CCCC1=O.O=C1CCCC1. The molecule has 0 bridgehead atoms. The first-order chi connectivity index (χ1) is 38.5. The lowest BCUT2D eigenvalue weighted by Crippen LogP contribution is -2.36. The lowest BCUT2D eigenvalue weighted by atomic mass is 10.0. The van der Waals surface area contributed by atoms with Gasteiger partial charge < -0.3 is 20.9 Å². The van der Waals surface area contributed by atoms with E-state index in [1.165, 1.54) is 4.68 Å². The molecule has 2 unspecified atom stereocenters. The highest BCUT2D eigenvalue weighted by atomic mass is 16.5. The highest BCUT2D eigenvalue weighted by molar-refractivity contribution is 6.42. The van der Waals surface area contributed by atoms with Gasteiger partial charge in [-0.05, 0) is 85.1 Å².